The maximum atomic E-state index is 11.4. The molecule has 0 aromatic heterocycles. The molecule has 0 atom stereocenters. The Bertz CT molecular complexity index is 646. The molecule has 94 valence electrons. The molecule has 19 heavy (non-hydrogen) atoms. The number of ketones is 2. The lowest BCUT2D eigenvalue weighted by atomic mass is 10.1. The Morgan fingerprint density at radius 2 is 1.95 bits per heavy atom. The van der Waals surface area contributed by atoms with E-state index in [1.54, 1.807) is 6.07 Å². The zero-order valence-electron chi connectivity index (χ0n) is 10.1. The highest BCUT2D eigenvalue weighted by Crippen LogP contribution is 2.07. The summed E-state index contributed by atoms with van der Waals surface area (Å²) >= 11 is 0. The zero-order valence-corrected chi connectivity index (χ0v) is 10.1. The third kappa shape index (κ3) is 3.33. The molecule has 0 spiro atoms. The van der Waals surface area contributed by atoms with E-state index < -0.39 is 0 Å². The van der Waals surface area contributed by atoms with Crippen LogP contribution in [0.1, 0.15) is 5.56 Å². The molecule has 1 aromatic rings. The van der Waals surface area contributed by atoms with Gasteiger partial charge in [-0.05, 0) is 24.3 Å². The van der Waals surface area contributed by atoms with Crippen LogP contribution in [-0.2, 0) is 9.59 Å². The van der Waals surface area contributed by atoms with Gasteiger partial charge in [0.1, 0.15) is 0 Å². The molecular weight excluding hydrogens is 240 g/mol. The van der Waals surface area contributed by atoms with E-state index in [9.17, 15) is 9.59 Å². The van der Waals surface area contributed by atoms with Crippen LogP contribution in [0, 0.1) is 11.8 Å². The van der Waals surface area contributed by atoms with Gasteiger partial charge < -0.3 is 11.1 Å². The Balaban J connectivity index is 1.97. The van der Waals surface area contributed by atoms with Gasteiger partial charge in [0.05, 0.1) is 12.2 Å². The monoisotopic (exact) mass is 252 g/mol. The van der Waals surface area contributed by atoms with E-state index in [4.69, 9.17) is 5.73 Å². The quantitative estimate of drug-likeness (QED) is 0.464. The van der Waals surface area contributed by atoms with Crippen LogP contribution in [0.25, 0.3) is 0 Å². The summed E-state index contributed by atoms with van der Waals surface area (Å²) in [5, 5.41) is 2.82. The topological polar surface area (TPSA) is 72.2 Å². The highest BCUT2D eigenvalue weighted by molar-refractivity contribution is 6.16. The number of anilines is 1. The lowest BCUT2D eigenvalue weighted by molar-refractivity contribution is -0.114. The second-order valence-corrected chi connectivity index (χ2v) is 3.90. The largest absolute Gasteiger partial charge is 0.398 e. The van der Waals surface area contributed by atoms with Gasteiger partial charge in [0.15, 0.2) is 5.78 Å². The number of rotatable bonds is 2. The summed E-state index contributed by atoms with van der Waals surface area (Å²) in [6.07, 6.45) is 3.75. The zero-order chi connectivity index (χ0) is 13.7. The van der Waals surface area contributed by atoms with Gasteiger partial charge >= 0.3 is 0 Å². The second kappa shape index (κ2) is 5.69. The van der Waals surface area contributed by atoms with Crippen molar-refractivity contribution in [3.8, 4) is 11.8 Å². The van der Waals surface area contributed by atoms with Crippen LogP contribution in [0.4, 0.5) is 5.69 Å². The van der Waals surface area contributed by atoms with Crippen LogP contribution < -0.4 is 11.1 Å². The van der Waals surface area contributed by atoms with Crippen molar-refractivity contribution in [2.45, 2.75) is 0 Å². The first kappa shape index (κ1) is 12.7. The van der Waals surface area contributed by atoms with Crippen LogP contribution in [-0.4, -0.2) is 18.1 Å². The minimum Gasteiger partial charge on any atom is -0.398 e. The van der Waals surface area contributed by atoms with Gasteiger partial charge in [-0.1, -0.05) is 24.0 Å². The molecule has 0 unspecified atom stereocenters. The summed E-state index contributed by atoms with van der Waals surface area (Å²) in [5.74, 6) is 5.33. The molecule has 0 amide bonds. The number of carbonyl (C=O) groups excluding carboxylic acids is 2. The lowest BCUT2D eigenvalue weighted by Gasteiger charge is -2.06. The number of para-hydroxylation sites is 1. The number of carbonyl (C=O) groups is 2. The van der Waals surface area contributed by atoms with Crippen LogP contribution in [0.2, 0.25) is 0 Å². The number of benzene rings is 1. The lowest BCUT2D eigenvalue weighted by Crippen LogP contribution is -2.22. The number of nitrogen functional groups attached to an aromatic ring is 1. The summed E-state index contributed by atoms with van der Waals surface area (Å²) in [7, 11) is 0. The molecule has 1 aliphatic rings. The van der Waals surface area contributed by atoms with E-state index in [1.807, 2.05) is 18.2 Å². The number of hydrogen-bond donors (Lipinski definition) is 2. The minimum atomic E-state index is -0.222. The molecule has 0 heterocycles. The van der Waals surface area contributed by atoms with Crippen molar-refractivity contribution >= 4 is 17.3 Å². The van der Waals surface area contributed by atoms with Gasteiger partial charge in [-0.3, -0.25) is 9.59 Å². The standard InChI is InChI=1S/C15H12N2O2/c16-13-6-2-1-4-11(13)5-3-9-17-14-10-12(18)7-8-15(14)19/h1-2,4,6-8,10,17H,9,16H2. The molecule has 0 saturated carbocycles. The fourth-order valence-electron chi connectivity index (χ4n) is 1.54. The van der Waals surface area contributed by atoms with Gasteiger partial charge in [0, 0.05) is 17.3 Å². The predicted octanol–water partition coefficient (Wildman–Crippen LogP) is 0.802. The smallest absolute Gasteiger partial charge is 0.201 e. The fraction of sp³-hybridized carbons (Fsp3) is 0.0667. The molecule has 0 radical (unpaired) electrons. The van der Waals surface area contributed by atoms with Crippen molar-refractivity contribution in [2.24, 2.45) is 0 Å². The van der Waals surface area contributed by atoms with E-state index in [0.717, 1.165) is 5.56 Å². The number of nitrogens with one attached hydrogen (secondary N) is 1. The van der Waals surface area contributed by atoms with Crippen molar-refractivity contribution in [3.05, 3.63) is 53.8 Å². The Labute approximate surface area is 111 Å². The fourth-order valence-corrected chi connectivity index (χ4v) is 1.54. The summed E-state index contributed by atoms with van der Waals surface area (Å²) in [4.78, 5) is 22.5. The number of hydrogen-bond acceptors (Lipinski definition) is 4. The molecule has 4 nitrogen and oxygen atoms in total. The maximum Gasteiger partial charge on any atom is 0.201 e. The normalized spacial score (nSPS) is 13.6. The highest BCUT2D eigenvalue weighted by atomic mass is 16.1. The Morgan fingerprint density at radius 3 is 2.74 bits per heavy atom. The van der Waals surface area contributed by atoms with Crippen LogP contribution in [0.15, 0.2) is 48.2 Å². The molecule has 0 aliphatic heterocycles. The minimum absolute atomic E-state index is 0.206. The predicted molar refractivity (Wildman–Crippen MR) is 73.0 cm³/mol. The first-order chi connectivity index (χ1) is 9.16. The summed E-state index contributed by atoms with van der Waals surface area (Å²) in [6.45, 7) is 0.271. The van der Waals surface area contributed by atoms with Gasteiger partial charge in [-0.25, -0.2) is 0 Å². The van der Waals surface area contributed by atoms with E-state index in [1.165, 1.54) is 18.2 Å². The number of nitrogens with two attached hydrogens (primary N) is 1. The molecule has 4 heteroatoms. The third-order valence-corrected chi connectivity index (χ3v) is 2.50. The van der Waals surface area contributed by atoms with Crippen molar-refractivity contribution in [1.29, 1.82) is 0 Å². The van der Waals surface area contributed by atoms with E-state index >= 15 is 0 Å². The molecule has 1 aromatic carbocycles. The van der Waals surface area contributed by atoms with Crippen molar-refractivity contribution in [1.82, 2.24) is 5.32 Å². The maximum absolute atomic E-state index is 11.4. The van der Waals surface area contributed by atoms with Gasteiger partial charge in [0.25, 0.3) is 0 Å². The molecular formula is C15H12N2O2. The second-order valence-electron chi connectivity index (χ2n) is 3.90. The van der Waals surface area contributed by atoms with E-state index in [2.05, 4.69) is 17.2 Å². The number of allylic oxidation sites excluding steroid dienone is 3. The third-order valence-electron chi connectivity index (χ3n) is 2.50. The van der Waals surface area contributed by atoms with Crippen molar-refractivity contribution < 1.29 is 9.59 Å². The molecule has 0 saturated heterocycles. The first-order valence-electron chi connectivity index (χ1n) is 5.72. The molecule has 1 aliphatic carbocycles. The van der Waals surface area contributed by atoms with Crippen LogP contribution in [0.3, 0.4) is 0 Å². The molecule has 3 N–H and O–H groups in total. The summed E-state index contributed by atoms with van der Waals surface area (Å²) < 4.78 is 0. The molecule has 0 bridgehead atoms. The highest BCUT2D eigenvalue weighted by Gasteiger charge is 2.11. The van der Waals surface area contributed by atoms with E-state index in [-0.39, 0.29) is 23.8 Å². The SMILES string of the molecule is Nc1ccccc1C#CCNC1=CC(=O)C=CC1=O. The average molecular weight is 252 g/mol. The Morgan fingerprint density at radius 1 is 1.16 bits per heavy atom. The van der Waals surface area contributed by atoms with Crippen molar-refractivity contribution in [3.63, 3.8) is 0 Å². The average Bonchev–Trinajstić information content (AvgIpc) is 2.40. The Hall–Kier alpha value is -2.80. The first-order valence-corrected chi connectivity index (χ1v) is 5.72. The summed E-state index contributed by atoms with van der Waals surface area (Å²) in [6, 6.07) is 7.28. The van der Waals surface area contributed by atoms with Crippen molar-refractivity contribution in [2.75, 3.05) is 12.3 Å². The molecule has 0 fully saturated rings. The van der Waals surface area contributed by atoms with Crippen LogP contribution >= 0.6 is 0 Å². The van der Waals surface area contributed by atoms with Gasteiger partial charge in [-0.15, -0.1) is 0 Å². The Kier molecular flexibility index (Phi) is 3.79. The van der Waals surface area contributed by atoms with Gasteiger partial charge in [0.2, 0.25) is 5.78 Å². The molecule has 2 rings (SSSR count). The summed E-state index contributed by atoms with van der Waals surface area (Å²) in [5.41, 5.74) is 7.36. The van der Waals surface area contributed by atoms with Gasteiger partial charge in [-0.2, -0.15) is 0 Å². The van der Waals surface area contributed by atoms with Crippen LogP contribution in [0.5, 0.6) is 0 Å². The van der Waals surface area contributed by atoms with E-state index in [0.29, 0.717) is 5.69 Å².